The third-order valence-corrected chi connectivity index (χ3v) is 6.23. The Morgan fingerprint density at radius 1 is 1.36 bits per heavy atom. The number of carbonyl (C=O) groups excluding carboxylic acids is 1. The van der Waals surface area contributed by atoms with Crippen LogP contribution in [0.2, 0.25) is 0 Å². The van der Waals surface area contributed by atoms with Crippen LogP contribution >= 0.6 is 0 Å². The molecule has 72 valence electrons. The predicted octanol–water partition coefficient (Wildman–Crippen LogP) is 0.398. The molecule has 4 bridgehead atoms. The number of rotatable bonds is 1. The summed E-state index contributed by atoms with van der Waals surface area (Å²) < 4.78 is 0. The van der Waals surface area contributed by atoms with Gasteiger partial charge in [0.15, 0.2) is 0 Å². The first-order valence-corrected chi connectivity index (χ1v) is 5.48. The highest BCUT2D eigenvalue weighted by Gasteiger charge is 2.96. The Labute approximate surface area is 80.5 Å². The fourth-order valence-corrected chi connectivity index (χ4v) is 6.39. The molecule has 0 amide bonds. The Morgan fingerprint density at radius 3 is 2.79 bits per heavy atom. The molecule has 0 spiro atoms. The van der Waals surface area contributed by atoms with E-state index in [9.17, 15) is 14.7 Å². The molecule has 0 aromatic carbocycles. The largest absolute Gasteiger partial charge is 0.481 e. The first-order valence-electron chi connectivity index (χ1n) is 5.48. The van der Waals surface area contributed by atoms with E-state index in [-0.39, 0.29) is 17.8 Å². The summed E-state index contributed by atoms with van der Waals surface area (Å²) in [5, 5.41) is 9.34. The summed E-state index contributed by atoms with van der Waals surface area (Å²) in [6.45, 7) is 0. The molecule has 0 unspecified atom stereocenters. The van der Waals surface area contributed by atoms with E-state index < -0.39 is 11.4 Å². The molecule has 0 aliphatic heterocycles. The van der Waals surface area contributed by atoms with Crippen LogP contribution in [0.3, 0.4) is 0 Å². The highest BCUT2D eigenvalue weighted by molar-refractivity contribution is 6.02. The van der Waals surface area contributed by atoms with Gasteiger partial charge < -0.3 is 5.11 Å². The van der Waals surface area contributed by atoms with E-state index >= 15 is 0 Å². The number of ketones is 1. The zero-order chi connectivity index (χ0) is 9.40. The second-order valence-electron chi connectivity index (χ2n) is 5.84. The van der Waals surface area contributed by atoms with Crippen molar-refractivity contribution in [3.8, 4) is 0 Å². The molecule has 0 radical (unpaired) electrons. The Balaban J connectivity index is 1.84. The lowest BCUT2D eigenvalue weighted by molar-refractivity contribution is -0.260. The maximum Gasteiger partial charge on any atom is 0.311 e. The van der Waals surface area contributed by atoms with Crippen molar-refractivity contribution in [1.82, 2.24) is 0 Å². The van der Waals surface area contributed by atoms with Gasteiger partial charge in [0, 0.05) is 11.8 Å². The summed E-state index contributed by atoms with van der Waals surface area (Å²) in [7, 11) is 0. The number of hydrogen-bond donors (Lipinski definition) is 1. The molecule has 6 rings (SSSR count). The number of Topliss-reactive ketones (excluding diaryl/α,β-unsaturated/α-hetero) is 1. The Kier molecular flexibility index (Phi) is 0.646. The summed E-state index contributed by atoms with van der Waals surface area (Å²) in [5.74, 6) is 2.17. The quantitative estimate of drug-likeness (QED) is 0.651. The van der Waals surface area contributed by atoms with Crippen molar-refractivity contribution >= 4 is 11.8 Å². The normalized spacial score (nSPS) is 73.7. The van der Waals surface area contributed by atoms with Crippen molar-refractivity contribution in [2.45, 2.75) is 6.42 Å². The molecule has 6 fully saturated rings. The second kappa shape index (κ2) is 1.37. The Morgan fingerprint density at radius 2 is 2.14 bits per heavy atom. The molecule has 1 N–H and O–H groups in total. The maximum absolute atomic E-state index is 11.9. The zero-order valence-corrected chi connectivity index (χ0v) is 7.51. The summed E-state index contributed by atoms with van der Waals surface area (Å²) in [6.07, 6.45) is 1.17. The topological polar surface area (TPSA) is 54.4 Å². The van der Waals surface area contributed by atoms with Gasteiger partial charge in [-0.1, -0.05) is 0 Å². The highest BCUT2D eigenvalue weighted by atomic mass is 16.4. The molecule has 8 atom stereocenters. The fourth-order valence-electron chi connectivity index (χ4n) is 6.39. The van der Waals surface area contributed by atoms with Crippen LogP contribution in [0.4, 0.5) is 0 Å². The van der Waals surface area contributed by atoms with Gasteiger partial charge in [-0.05, 0) is 36.0 Å². The minimum absolute atomic E-state index is 0.0521. The van der Waals surface area contributed by atoms with Crippen LogP contribution in [-0.2, 0) is 9.59 Å². The lowest BCUT2D eigenvalue weighted by Gasteiger charge is -2.69. The van der Waals surface area contributed by atoms with Gasteiger partial charge in [0.05, 0.1) is 5.41 Å². The summed E-state index contributed by atoms with van der Waals surface area (Å²) in [5.41, 5.74) is -0.538. The number of carboxylic acid groups (broad SMARTS) is 1. The molecule has 6 aliphatic rings. The van der Waals surface area contributed by atoms with Crippen LogP contribution in [0.25, 0.3) is 0 Å². The van der Waals surface area contributed by atoms with Crippen molar-refractivity contribution in [1.29, 1.82) is 0 Å². The van der Waals surface area contributed by atoms with Crippen molar-refractivity contribution < 1.29 is 14.7 Å². The van der Waals surface area contributed by atoms with E-state index in [2.05, 4.69) is 0 Å². The smallest absolute Gasteiger partial charge is 0.311 e. The van der Waals surface area contributed by atoms with E-state index in [0.29, 0.717) is 29.5 Å². The van der Waals surface area contributed by atoms with E-state index in [1.165, 1.54) is 6.42 Å². The molecule has 0 aromatic rings. The molecule has 3 nitrogen and oxygen atoms in total. The Hall–Kier alpha value is -0.860. The lowest BCUT2D eigenvalue weighted by atomic mass is 9.32. The van der Waals surface area contributed by atoms with Crippen molar-refractivity contribution in [2.24, 2.45) is 46.8 Å². The summed E-state index contributed by atoms with van der Waals surface area (Å²) in [6, 6.07) is 0. The van der Waals surface area contributed by atoms with Crippen LogP contribution in [0.1, 0.15) is 6.42 Å². The molecule has 0 saturated heterocycles. The minimum Gasteiger partial charge on any atom is -0.481 e. The number of carbonyl (C=O) groups is 2. The minimum atomic E-state index is -0.666. The lowest BCUT2D eigenvalue weighted by Crippen LogP contribution is -2.73. The molecule has 0 aromatic heterocycles. The van der Waals surface area contributed by atoms with E-state index in [1.54, 1.807) is 0 Å². The predicted molar refractivity (Wildman–Crippen MR) is 44.1 cm³/mol. The van der Waals surface area contributed by atoms with Gasteiger partial charge in [-0.2, -0.15) is 0 Å². The van der Waals surface area contributed by atoms with Crippen LogP contribution in [0.5, 0.6) is 0 Å². The number of aliphatic carboxylic acids is 1. The average Bonchev–Trinajstić information content (AvgIpc) is 2.58. The summed E-state index contributed by atoms with van der Waals surface area (Å²) in [4.78, 5) is 23.3. The highest BCUT2D eigenvalue weighted by Crippen LogP contribution is 2.92. The second-order valence-corrected chi connectivity index (χ2v) is 5.84. The zero-order valence-electron chi connectivity index (χ0n) is 7.51. The SMILES string of the molecule is O=C1[C@H]2[C@H]3C[C@@H]4[C@@H]5[C@H]3[C@@H]1[C@@]5(C(=O)O)[C@@H]42. The standard InChI is InChI=1S/C11H10O3/c12-9-5-2-1-3-6-4(2)8(9)11(6,7(3)5)10(13)14/h2-8H,1H2,(H,13,14)/t2-,3+,4-,5-,6+,7-,8-,11-/m0/s1. The van der Waals surface area contributed by atoms with Crippen LogP contribution < -0.4 is 0 Å². The number of hydrogen-bond acceptors (Lipinski definition) is 2. The fraction of sp³-hybridized carbons (Fsp3) is 0.818. The molecular weight excluding hydrogens is 180 g/mol. The molecule has 3 heteroatoms. The van der Waals surface area contributed by atoms with Crippen molar-refractivity contribution in [3.63, 3.8) is 0 Å². The van der Waals surface area contributed by atoms with Gasteiger partial charge in [0.2, 0.25) is 0 Å². The number of carboxylic acids is 1. The third kappa shape index (κ3) is 0.287. The molecule has 14 heavy (non-hydrogen) atoms. The summed E-state index contributed by atoms with van der Waals surface area (Å²) >= 11 is 0. The van der Waals surface area contributed by atoms with Crippen molar-refractivity contribution in [3.05, 3.63) is 0 Å². The van der Waals surface area contributed by atoms with Crippen LogP contribution in [0, 0.1) is 46.8 Å². The molecule has 6 saturated carbocycles. The van der Waals surface area contributed by atoms with Gasteiger partial charge in [0.25, 0.3) is 0 Å². The van der Waals surface area contributed by atoms with Gasteiger partial charge in [-0.15, -0.1) is 0 Å². The van der Waals surface area contributed by atoms with Crippen LogP contribution in [0.15, 0.2) is 0 Å². The van der Waals surface area contributed by atoms with Gasteiger partial charge in [-0.3, -0.25) is 9.59 Å². The first-order chi connectivity index (χ1) is 6.70. The maximum atomic E-state index is 11.9. The van der Waals surface area contributed by atoms with Gasteiger partial charge in [0.1, 0.15) is 5.78 Å². The van der Waals surface area contributed by atoms with Crippen molar-refractivity contribution in [2.75, 3.05) is 0 Å². The Bertz CT molecular complexity index is 428. The first kappa shape index (κ1) is 6.59. The molecule has 6 aliphatic carbocycles. The third-order valence-electron chi connectivity index (χ3n) is 6.23. The monoisotopic (exact) mass is 190 g/mol. The molecular formula is C11H10O3. The van der Waals surface area contributed by atoms with Gasteiger partial charge in [-0.25, -0.2) is 0 Å². The average molecular weight is 190 g/mol. The van der Waals surface area contributed by atoms with Crippen LogP contribution in [-0.4, -0.2) is 16.9 Å². The van der Waals surface area contributed by atoms with Gasteiger partial charge >= 0.3 is 5.97 Å². The van der Waals surface area contributed by atoms with E-state index in [1.807, 2.05) is 0 Å². The molecule has 0 heterocycles. The van der Waals surface area contributed by atoms with E-state index in [4.69, 9.17) is 0 Å². The van der Waals surface area contributed by atoms with E-state index in [0.717, 1.165) is 0 Å².